The molecule has 8 bridgehead atoms. The minimum absolute atomic E-state index is 0. The molecule has 0 atom stereocenters. The van der Waals surface area contributed by atoms with Gasteiger partial charge >= 0.3 is 17.1 Å². The van der Waals surface area contributed by atoms with Gasteiger partial charge in [0.2, 0.25) is 31.9 Å². The Bertz CT molecular complexity index is 4310. The summed E-state index contributed by atoms with van der Waals surface area (Å²) in [5.74, 6) is 1.94. The van der Waals surface area contributed by atoms with Crippen LogP contribution in [0.4, 0.5) is 17.6 Å². The molecular weight excluding hydrogens is 1230 g/mol. The van der Waals surface area contributed by atoms with Crippen molar-refractivity contribution in [2.45, 2.75) is 17.7 Å². The first-order valence-electron chi connectivity index (χ1n) is 23.7. The zero-order valence-electron chi connectivity index (χ0n) is 43.3. The summed E-state index contributed by atoms with van der Waals surface area (Å²) in [5.41, 5.74) is 6.17. The first-order valence-corrected chi connectivity index (χ1v) is 32.5. The normalized spacial score (nSPS) is 12.0. The van der Waals surface area contributed by atoms with Crippen LogP contribution in [0, 0.1) is 0 Å². The summed E-state index contributed by atoms with van der Waals surface area (Å²) in [4.78, 5) is 51.4. The molecule has 0 saturated carbocycles. The SMILES string of the molecule is CS(=O)(=O)NCCCc1nc(NCCS(=O)(=O)O)nc(Nc2ccc(S(=O)(=O)O)cc2)n1.CS(=O)(=O)O.CS(N)(=O)=O.[Cu+2].c1ccc2c(c1)-c1nc-2nc2[n-]c(nc3nc(nc4[n-]c(n1)c1ccccc41)-c1ccccc1-3)c1ccccc21. The number of rotatable bonds is 12. The minimum Gasteiger partial charge on any atom is -0.357 e. The van der Waals surface area contributed by atoms with E-state index in [4.69, 9.17) is 53.5 Å². The predicted molar refractivity (Wildman–Crippen MR) is 306 cm³/mol. The molecule has 437 valence electrons. The summed E-state index contributed by atoms with van der Waals surface area (Å²) in [5, 5.41) is 13.4. The summed E-state index contributed by atoms with van der Waals surface area (Å²) in [6.07, 6.45) is 3.31. The van der Waals surface area contributed by atoms with Gasteiger partial charge in [0, 0.05) is 70.0 Å². The average molecular weight is 1280 g/mol. The van der Waals surface area contributed by atoms with Crippen molar-refractivity contribution in [3.05, 3.63) is 127 Å². The Morgan fingerprint density at radius 1 is 0.482 bits per heavy atom. The number of nitrogens with zero attached hydrogens (tertiary/aromatic N) is 11. The molecule has 34 heteroatoms. The van der Waals surface area contributed by atoms with E-state index in [0.29, 0.717) is 64.3 Å². The van der Waals surface area contributed by atoms with E-state index in [1.807, 2.05) is 97.1 Å². The molecule has 2 aliphatic rings. The fourth-order valence-corrected chi connectivity index (χ4v) is 9.12. The van der Waals surface area contributed by atoms with E-state index in [1.165, 1.54) is 24.3 Å². The van der Waals surface area contributed by atoms with Crippen LogP contribution < -0.4 is 30.5 Å². The number of hydrogen-bond acceptors (Lipinski definition) is 21. The summed E-state index contributed by atoms with van der Waals surface area (Å²) < 4.78 is 131. The number of benzene rings is 5. The van der Waals surface area contributed by atoms with Crippen LogP contribution in [-0.2, 0) is 73.9 Å². The van der Waals surface area contributed by atoms with Crippen LogP contribution >= 0.6 is 0 Å². The van der Waals surface area contributed by atoms with Crippen molar-refractivity contribution in [1.29, 1.82) is 0 Å². The number of aryl methyl sites for hydroxylation is 1. The molecule has 28 nitrogen and oxygen atoms in total. The van der Waals surface area contributed by atoms with Gasteiger partial charge in [-0.05, 0) is 52.2 Å². The van der Waals surface area contributed by atoms with Gasteiger partial charge in [-0.2, -0.15) is 40.2 Å². The first kappa shape index (κ1) is 62.7. The van der Waals surface area contributed by atoms with Crippen LogP contribution in [0.15, 0.2) is 126 Å². The number of aromatic nitrogens is 11. The van der Waals surface area contributed by atoms with Crippen LogP contribution in [0.3, 0.4) is 0 Å². The number of nitrogens with one attached hydrogen (secondary N) is 3. The monoisotopic (exact) mass is 1280 g/mol. The number of hydrogen-bond donors (Lipinski definition) is 7. The van der Waals surface area contributed by atoms with Gasteiger partial charge < -0.3 is 40.5 Å². The van der Waals surface area contributed by atoms with Crippen molar-refractivity contribution in [3.63, 3.8) is 0 Å². The number of sulfonamides is 2. The molecule has 0 unspecified atom stereocenters. The van der Waals surface area contributed by atoms with Crippen molar-refractivity contribution in [1.82, 2.24) is 59.5 Å². The number of nitrogens with two attached hydrogens (primary N) is 1. The van der Waals surface area contributed by atoms with E-state index >= 15 is 0 Å². The fourth-order valence-electron chi connectivity index (χ4n) is 7.76. The van der Waals surface area contributed by atoms with E-state index in [9.17, 15) is 42.1 Å². The second-order valence-corrected chi connectivity index (χ2v) is 25.7. The molecule has 0 fully saturated rings. The number of fused-ring (bicyclic) bond motifs is 20. The number of anilines is 3. The molecule has 4 aromatic heterocycles. The zero-order chi connectivity index (χ0) is 59.2. The number of primary sulfonamides is 1. The van der Waals surface area contributed by atoms with E-state index in [2.05, 4.69) is 35.4 Å². The van der Waals surface area contributed by atoms with Crippen LogP contribution in [0.25, 0.3) is 89.7 Å². The van der Waals surface area contributed by atoms with Crippen molar-refractivity contribution in [2.75, 3.05) is 48.2 Å². The largest absolute Gasteiger partial charge is 2.00 e. The fraction of sp³-hybridized carbons (Fsp3) is 0.163. The van der Waals surface area contributed by atoms with Crippen LogP contribution in [0.2, 0.25) is 0 Å². The predicted octanol–water partition coefficient (Wildman–Crippen LogP) is 4.18. The third-order valence-corrected chi connectivity index (χ3v) is 13.3. The van der Waals surface area contributed by atoms with Gasteiger partial charge in [0.25, 0.3) is 30.4 Å². The van der Waals surface area contributed by atoms with Gasteiger partial charge in [-0.3, -0.25) is 13.7 Å². The molecule has 0 aliphatic carbocycles. The van der Waals surface area contributed by atoms with Gasteiger partial charge in [0.1, 0.15) is 5.82 Å². The Kier molecular flexibility index (Phi) is 19.5. The van der Waals surface area contributed by atoms with Crippen molar-refractivity contribution in [3.8, 4) is 45.6 Å². The zero-order valence-corrected chi connectivity index (χ0v) is 48.4. The molecule has 2 aliphatic heterocycles. The Labute approximate surface area is 485 Å². The third kappa shape index (κ3) is 17.8. The molecule has 0 amide bonds. The molecule has 11 rings (SSSR count). The summed E-state index contributed by atoms with van der Waals surface area (Å²) in [6.45, 7) is -0.0314. The van der Waals surface area contributed by atoms with Crippen LogP contribution in [-0.4, -0.2) is 138 Å². The van der Waals surface area contributed by atoms with Gasteiger partial charge in [-0.1, -0.05) is 97.1 Å². The van der Waals surface area contributed by atoms with E-state index in [1.54, 1.807) is 0 Å². The Morgan fingerprint density at radius 2 is 0.843 bits per heavy atom. The van der Waals surface area contributed by atoms with Gasteiger partial charge in [0.05, 0.1) is 52.7 Å². The first-order chi connectivity index (χ1) is 38.5. The summed E-state index contributed by atoms with van der Waals surface area (Å²) in [7, 11) is -18.7. The Morgan fingerprint density at radius 3 is 1.19 bits per heavy atom. The molecule has 0 saturated heterocycles. The molecular formula is C49H47CuN15O13S5. The van der Waals surface area contributed by atoms with Crippen molar-refractivity contribution in [2.24, 2.45) is 5.14 Å². The second-order valence-electron chi connectivity index (χ2n) is 17.7. The van der Waals surface area contributed by atoms with E-state index < -0.39 is 56.2 Å². The molecule has 5 aromatic carbocycles. The van der Waals surface area contributed by atoms with Gasteiger partial charge in [-0.25, -0.2) is 36.7 Å². The molecule has 8 N–H and O–H groups in total. The molecule has 6 heterocycles. The quantitative estimate of drug-likeness (QED) is 0.0512. The van der Waals surface area contributed by atoms with Gasteiger partial charge in [-0.15, -0.1) is 0 Å². The standard InChI is InChI=1S/C32H16N8.C15H22N6O8S3.CH5NO2S.CH4O3S.Cu/c1-2-10-18-17(9-1)25-33-26(18)38-28-21-13-5-6-14-22(21)30(35-28)40-32-24-16-8-7-15-23(24)31(36-32)39-29-20-12-4-3-11-19(20)27(34-29)37-25;1-30(22,23)17-8-2-3-13-19-14(16-9-10-31(24,25)26)21-15(20-13)18-11-4-6-12(7-5-11)32(27,28)29;2*1-5(2,3)4;/h1-16H;4-7,17H,2-3,8-10H2,1H3,(H,24,25,26)(H,27,28,29)(H2,16,18,19,20,21);1H3,(H2,2,3,4);1H3,(H,2,3,4);/q-2;;;;+2. The third-order valence-electron chi connectivity index (χ3n) is 11.0. The maximum Gasteiger partial charge on any atom is 2.00 e. The smallest absolute Gasteiger partial charge is 0.357 e. The summed E-state index contributed by atoms with van der Waals surface area (Å²) >= 11 is 0. The topological polar surface area (TPSA) is 438 Å². The Hall–Kier alpha value is -7.86. The maximum atomic E-state index is 11.1. The van der Waals surface area contributed by atoms with E-state index in [-0.39, 0.29) is 59.2 Å². The Balaban J connectivity index is 0.000000208. The minimum atomic E-state index is -4.35. The molecule has 1 radical (unpaired) electrons. The van der Waals surface area contributed by atoms with Crippen LogP contribution in [0.5, 0.6) is 0 Å². The molecule has 9 aromatic rings. The molecule has 0 spiro atoms. The van der Waals surface area contributed by atoms with Crippen molar-refractivity contribution < 1.29 is 72.8 Å². The second kappa shape index (κ2) is 25.7. The average Bonchev–Trinajstić information content (AvgIpc) is 2.38. The maximum absolute atomic E-state index is 11.1. The van der Waals surface area contributed by atoms with Crippen molar-refractivity contribution >= 4 is 112 Å². The van der Waals surface area contributed by atoms with Gasteiger partial charge in [0.15, 0.2) is 0 Å². The van der Waals surface area contributed by atoms with E-state index in [0.717, 1.165) is 56.3 Å². The molecule has 83 heavy (non-hydrogen) atoms. The summed E-state index contributed by atoms with van der Waals surface area (Å²) in [6, 6.07) is 36.9. The van der Waals surface area contributed by atoms with Crippen LogP contribution in [0.1, 0.15) is 12.2 Å².